The minimum absolute atomic E-state index is 0.0678. The Balaban J connectivity index is 2.61. The van der Waals surface area contributed by atoms with Crippen LogP contribution in [0.2, 0.25) is 0 Å². The summed E-state index contributed by atoms with van der Waals surface area (Å²) < 4.78 is 51.5. The molecule has 0 aliphatic rings. The molecule has 0 unspecified atom stereocenters. The maximum Gasteiger partial charge on any atom is 0.417 e. The largest absolute Gasteiger partial charge is 0.505 e. The molecular weight excluding hydrogens is 248 g/mol. The molecule has 18 heavy (non-hydrogen) atoms. The van der Waals surface area contributed by atoms with E-state index >= 15 is 0 Å². The zero-order valence-corrected chi connectivity index (χ0v) is 9.00. The minimum Gasteiger partial charge on any atom is -0.505 e. The van der Waals surface area contributed by atoms with Crippen LogP contribution in [0.1, 0.15) is 5.56 Å². The van der Waals surface area contributed by atoms with Gasteiger partial charge in [-0.25, -0.2) is 4.39 Å². The summed E-state index contributed by atoms with van der Waals surface area (Å²) in [6.07, 6.45) is -4.51. The highest BCUT2D eigenvalue weighted by Crippen LogP contribution is 2.37. The lowest BCUT2D eigenvalue weighted by atomic mass is 9.99. The first-order valence-electron chi connectivity index (χ1n) is 5.04. The predicted octanol–water partition coefficient (Wildman–Crippen LogP) is 4.22. The molecule has 0 amide bonds. The van der Waals surface area contributed by atoms with Crippen molar-refractivity contribution in [1.82, 2.24) is 0 Å². The van der Waals surface area contributed by atoms with E-state index in [-0.39, 0.29) is 11.1 Å². The average Bonchev–Trinajstić information content (AvgIpc) is 2.32. The van der Waals surface area contributed by atoms with Crippen LogP contribution in [0.25, 0.3) is 11.1 Å². The first-order chi connectivity index (χ1) is 8.39. The van der Waals surface area contributed by atoms with Gasteiger partial charge in [0.1, 0.15) is 0 Å². The molecule has 1 N–H and O–H groups in total. The molecule has 0 radical (unpaired) electrons. The molecule has 5 heteroatoms. The Hall–Kier alpha value is -2.04. The summed E-state index contributed by atoms with van der Waals surface area (Å²) in [5.74, 6) is -1.55. The van der Waals surface area contributed by atoms with Gasteiger partial charge >= 0.3 is 6.18 Å². The van der Waals surface area contributed by atoms with Crippen molar-refractivity contribution in [2.75, 3.05) is 0 Å². The number of phenolic OH excluding ortho intramolecular Hbond substituents is 1. The summed E-state index contributed by atoms with van der Waals surface area (Å²) in [5, 5.41) is 9.02. The Labute approximate surface area is 100 Å². The Morgan fingerprint density at radius 3 is 2.22 bits per heavy atom. The summed E-state index contributed by atoms with van der Waals surface area (Å²) in [7, 11) is 0. The number of aromatic hydroxyl groups is 1. The van der Waals surface area contributed by atoms with Gasteiger partial charge in [0.25, 0.3) is 0 Å². The smallest absolute Gasteiger partial charge is 0.417 e. The van der Waals surface area contributed by atoms with E-state index in [1.807, 2.05) is 0 Å². The fourth-order valence-electron chi connectivity index (χ4n) is 1.66. The topological polar surface area (TPSA) is 20.2 Å². The number of hydrogen-bond donors (Lipinski definition) is 1. The third-order valence-electron chi connectivity index (χ3n) is 2.49. The Bertz CT molecular complexity index is 575. The number of hydrogen-bond acceptors (Lipinski definition) is 1. The lowest BCUT2D eigenvalue weighted by Gasteiger charge is -2.12. The van der Waals surface area contributed by atoms with Gasteiger partial charge < -0.3 is 5.11 Å². The van der Waals surface area contributed by atoms with E-state index in [4.69, 9.17) is 5.11 Å². The van der Waals surface area contributed by atoms with Crippen molar-refractivity contribution in [1.29, 1.82) is 0 Å². The minimum atomic E-state index is -4.51. The molecule has 0 bridgehead atoms. The third-order valence-corrected chi connectivity index (χ3v) is 2.49. The van der Waals surface area contributed by atoms with Crippen LogP contribution < -0.4 is 0 Å². The lowest BCUT2D eigenvalue weighted by Crippen LogP contribution is -2.06. The number of halogens is 4. The van der Waals surface area contributed by atoms with Crippen molar-refractivity contribution in [3.63, 3.8) is 0 Å². The van der Waals surface area contributed by atoms with Gasteiger partial charge in [-0.2, -0.15) is 13.2 Å². The Morgan fingerprint density at radius 2 is 1.61 bits per heavy atom. The molecule has 0 aliphatic heterocycles. The summed E-state index contributed by atoms with van der Waals surface area (Å²) >= 11 is 0. The second kappa shape index (κ2) is 4.33. The van der Waals surface area contributed by atoms with Crippen LogP contribution in [0.4, 0.5) is 17.6 Å². The maximum atomic E-state index is 13.2. The van der Waals surface area contributed by atoms with Gasteiger partial charge in [-0.1, -0.05) is 24.3 Å². The average molecular weight is 256 g/mol. The fraction of sp³-hybridized carbons (Fsp3) is 0.0769. The zero-order valence-electron chi connectivity index (χ0n) is 9.00. The second-order valence-corrected chi connectivity index (χ2v) is 3.71. The second-order valence-electron chi connectivity index (χ2n) is 3.71. The quantitative estimate of drug-likeness (QED) is 0.757. The molecular formula is C13H8F4O. The summed E-state index contributed by atoms with van der Waals surface area (Å²) in [4.78, 5) is 0. The number of alkyl halides is 3. The first-order valence-corrected chi connectivity index (χ1v) is 5.04. The van der Waals surface area contributed by atoms with E-state index in [9.17, 15) is 17.6 Å². The Kier molecular flexibility index (Phi) is 2.98. The lowest BCUT2D eigenvalue weighted by molar-refractivity contribution is -0.137. The van der Waals surface area contributed by atoms with Gasteiger partial charge in [-0.15, -0.1) is 0 Å². The van der Waals surface area contributed by atoms with Crippen LogP contribution in [0.15, 0.2) is 42.5 Å². The van der Waals surface area contributed by atoms with Gasteiger partial charge in [-0.05, 0) is 29.3 Å². The van der Waals surface area contributed by atoms with Crippen LogP contribution in [-0.4, -0.2) is 5.11 Å². The van der Waals surface area contributed by atoms with E-state index in [0.29, 0.717) is 0 Å². The highest BCUT2D eigenvalue weighted by molar-refractivity contribution is 5.68. The summed E-state index contributed by atoms with van der Waals surface area (Å²) in [6.45, 7) is 0. The van der Waals surface area contributed by atoms with Crippen molar-refractivity contribution in [3.8, 4) is 16.9 Å². The van der Waals surface area contributed by atoms with E-state index < -0.39 is 23.3 Å². The normalized spacial score (nSPS) is 11.6. The van der Waals surface area contributed by atoms with Gasteiger partial charge in [0.15, 0.2) is 11.6 Å². The van der Waals surface area contributed by atoms with Crippen molar-refractivity contribution >= 4 is 0 Å². The molecule has 0 aliphatic carbocycles. The van der Waals surface area contributed by atoms with Gasteiger partial charge in [0, 0.05) is 0 Å². The molecule has 1 nitrogen and oxygen atoms in total. The SMILES string of the molecule is Oc1ccc(-c2ccccc2C(F)(F)F)cc1F. The van der Waals surface area contributed by atoms with Crippen LogP contribution in [0, 0.1) is 5.82 Å². The van der Waals surface area contributed by atoms with Crippen molar-refractivity contribution in [2.24, 2.45) is 0 Å². The third kappa shape index (κ3) is 2.30. The molecule has 0 saturated heterocycles. The molecule has 0 atom stereocenters. The van der Waals surface area contributed by atoms with Crippen molar-refractivity contribution < 1.29 is 22.7 Å². The highest BCUT2D eigenvalue weighted by Gasteiger charge is 2.33. The molecule has 0 aromatic heterocycles. The van der Waals surface area contributed by atoms with Crippen molar-refractivity contribution in [3.05, 3.63) is 53.8 Å². The molecule has 2 aromatic carbocycles. The Morgan fingerprint density at radius 1 is 0.944 bits per heavy atom. The molecule has 2 rings (SSSR count). The van der Waals surface area contributed by atoms with Crippen LogP contribution in [0.5, 0.6) is 5.75 Å². The fourth-order valence-corrected chi connectivity index (χ4v) is 1.66. The van der Waals surface area contributed by atoms with Crippen molar-refractivity contribution in [2.45, 2.75) is 6.18 Å². The number of rotatable bonds is 1. The summed E-state index contributed by atoms with van der Waals surface area (Å²) in [6, 6.07) is 8.04. The summed E-state index contributed by atoms with van der Waals surface area (Å²) in [5.41, 5.74) is -0.891. The molecule has 94 valence electrons. The van der Waals surface area contributed by atoms with Gasteiger partial charge in [0.2, 0.25) is 0 Å². The predicted molar refractivity (Wildman–Crippen MR) is 58.5 cm³/mol. The van der Waals surface area contributed by atoms with Crippen LogP contribution in [0.3, 0.4) is 0 Å². The molecule has 0 fully saturated rings. The maximum absolute atomic E-state index is 13.2. The van der Waals surface area contributed by atoms with Crippen LogP contribution in [-0.2, 0) is 6.18 Å². The van der Waals surface area contributed by atoms with Gasteiger partial charge in [0.05, 0.1) is 5.56 Å². The number of benzene rings is 2. The molecule has 0 saturated carbocycles. The molecule has 2 aromatic rings. The first kappa shape index (κ1) is 12.4. The van der Waals surface area contributed by atoms with E-state index in [0.717, 1.165) is 18.2 Å². The van der Waals surface area contributed by atoms with E-state index in [1.165, 1.54) is 24.3 Å². The molecule has 0 spiro atoms. The highest BCUT2D eigenvalue weighted by atomic mass is 19.4. The van der Waals surface area contributed by atoms with E-state index in [2.05, 4.69) is 0 Å². The van der Waals surface area contributed by atoms with Crippen LogP contribution >= 0.6 is 0 Å². The standard InChI is InChI=1S/C13H8F4O/c14-11-7-8(5-6-12(11)18)9-3-1-2-4-10(9)13(15,16)17/h1-7,18H. The zero-order chi connectivity index (χ0) is 13.3. The number of phenols is 1. The van der Waals surface area contributed by atoms with E-state index in [1.54, 1.807) is 0 Å². The van der Waals surface area contributed by atoms with Gasteiger partial charge in [-0.3, -0.25) is 0 Å². The molecule has 0 heterocycles. The monoisotopic (exact) mass is 256 g/mol.